The lowest BCUT2D eigenvalue weighted by Crippen LogP contribution is -2.27. The molecule has 1 rings (SSSR count). The van der Waals surface area contributed by atoms with Gasteiger partial charge in [-0.05, 0) is 18.6 Å². The molecule has 1 amide bonds. The van der Waals surface area contributed by atoms with Crippen molar-refractivity contribution in [1.82, 2.24) is 5.32 Å². The van der Waals surface area contributed by atoms with Gasteiger partial charge in [0.25, 0.3) is 0 Å². The maximum Gasteiger partial charge on any atom is 0.221 e. The molecule has 0 spiro atoms. The molecule has 1 aromatic carbocycles. The van der Waals surface area contributed by atoms with E-state index < -0.39 is 9.84 Å². The Hall–Kier alpha value is -1.44. The topological polar surface area (TPSA) is 92.7 Å². The Morgan fingerprint density at radius 3 is 2.57 bits per heavy atom. The van der Waals surface area contributed by atoms with Crippen LogP contribution in [0.5, 0.6) is 0 Å². The van der Waals surface area contributed by atoms with Gasteiger partial charge in [-0.15, -0.1) is 0 Å². The van der Waals surface area contributed by atoms with E-state index in [4.69, 9.17) is 9.84 Å². The zero-order chi connectivity index (χ0) is 15.6. The van der Waals surface area contributed by atoms with E-state index in [1.807, 2.05) is 0 Å². The number of amides is 1. The number of rotatable bonds is 10. The lowest BCUT2D eigenvalue weighted by atomic mass is 10.4. The number of ether oxygens (including phenoxy) is 1. The van der Waals surface area contributed by atoms with E-state index in [1.165, 1.54) is 12.1 Å². The minimum Gasteiger partial charge on any atom is -0.394 e. The summed E-state index contributed by atoms with van der Waals surface area (Å²) in [6, 6.07) is 8.08. The van der Waals surface area contributed by atoms with E-state index in [9.17, 15) is 13.2 Å². The lowest BCUT2D eigenvalue weighted by Gasteiger charge is -2.06. The molecule has 0 aliphatic heterocycles. The SMILES string of the molecule is O=C(CCS(=O)(=O)c1ccccc1)NCCCOCCO. The van der Waals surface area contributed by atoms with E-state index in [1.54, 1.807) is 18.2 Å². The third-order valence-corrected chi connectivity index (χ3v) is 4.46. The zero-order valence-corrected chi connectivity index (χ0v) is 12.6. The molecule has 0 unspecified atom stereocenters. The summed E-state index contributed by atoms with van der Waals surface area (Å²) in [4.78, 5) is 11.8. The second-order valence-electron chi connectivity index (χ2n) is 4.42. The number of aliphatic hydroxyl groups excluding tert-OH is 1. The quantitative estimate of drug-likeness (QED) is 0.608. The predicted octanol–water partition coefficient (Wildman–Crippen LogP) is 0.366. The number of nitrogens with one attached hydrogen (secondary N) is 1. The molecule has 0 radical (unpaired) electrons. The van der Waals surface area contributed by atoms with Crippen molar-refractivity contribution in [2.45, 2.75) is 17.7 Å². The van der Waals surface area contributed by atoms with Gasteiger partial charge in [-0.25, -0.2) is 8.42 Å². The summed E-state index contributed by atoms with van der Waals surface area (Å²) in [5.74, 6) is -0.499. The highest BCUT2D eigenvalue weighted by Gasteiger charge is 2.15. The molecule has 0 aromatic heterocycles. The van der Waals surface area contributed by atoms with Crippen molar-refractivity contribution >= 4 is 15.7 Å². The standard InChI is InChI=1S/C14H21NO5S/c16-9-11-20-10-4-8-15-14(17)7-12-21(18,19)13-5-2-1-3-6-13/h1-3,5-6,16H,4,7-12H2,(H,15,17). The molecule has 6 nitrogen and oxygen atoms in total. The first kappa shape index (κ1) is 17.6. The molecule has 0 saturated heterocycles. The average molecular weight is 315 g/mol. The smallest absolute Gasteiger partial charge is 0.221 e. The molecule has 118 valence electrons. The van der Waals surface area contributed by atoms with Gasteiger partial charge in [-0.1, -0.05) is 18.2 Å². The molecule has 0 atom stereocenters. The molecule has 0 fully saturated rings. The molecule has 0 aliphatic carbocycles. The van der Waals surface area contributed by atoms with Crippen molar-refractivity contribution in [2.75, 3.05) is 32.1 Å². The molecule has 0 heterocycles. The Kier molecular flexibility index (Phi) is 7.96. The monoisotopic (exact) mass is 315 g/mol. The fourth-order valence-corrected chi connectivity index (χ4v) is 2.89. The van der Waals surface area contributed by atoms with Gasteiger partial charge in [0, 0.05) is 19.6 Å². The molecule has 0 aliphatic rings. The number of sulfone groups is 1. The van der Waals surface area contributed by atoms with Gasteiger partial charge in [0.2, 0.25) is 5.91 Å². The van der Waals surface area contributed by atoms with Crippen LogP contribution < -0.4 is 5.32 Å². The average Bonchev–Trinajstić information content (AvgIpc) is 2.50. The van der Waals surface area contributed by atoms with Gasteiger partial charge in [-0.3, -0.25) is 4.79 Å². The summed E-state index contributed by atoms with van der Waals surface area (Å²) in [5, 5.41) is 11.1. The number of benzene rings is 1. The largest absolute Gasteiger partial charge is 0.394 e. The van der Waals surface area contributed by atoms with Crippen molar-refractivity contribution in [3.63, 3.8) is 0 Å². The Labute approximate surface area is 125 Å². The highest BCUT2D eigenvalue weighted by Crippen LogP contribution is 2.10. The molecular formula is C14H21NO5S. The predicted molar refractivity (Wildman–Crippen MR) is 78.6 cm³/mol. The van der Waals surface area contributed by atoms with Crippen molar-refractivity contribution in [3.8, 4) is 0 Å². The Bertz CT molecular complexity index is 515. The van der Waals surface area contributed by atoms with Crippen LogP contribution in [0.15, 0.2) is 35.2 Å². The van der Waals surface area contributed by atoms with Gasteiger partial charge in [-0.2, -0.15) is 0 Å². The minimum absolute atomic E-state index is 0.0241. The lowest BCUT2D eigenvalue weighted by molar-refractivity contribution is -0.120. The van der Waals surface area contributed by atoms with Gasteiger partial charge in [0.1, 0.15) is 0 Å². The zero-order valence-electron chi connectivity index (χ0n) is 11.8. The summed E-state index contributed by atoms with van der Waals surface area (Å²) in [6.45, 7) is 1.13. The third kappa shape index (κ3) is 7.22. The maximum absolute atomic E-state index is 12.0. The number of carbonyl (C=O) groups is 1. The number of aliphatic hydroxyl groups is 1. The summed E-state index contributed by atoms with van der Waals surface area (Å²) in [5.41, 5.74) is 0. The minimum atomic E-state index is -3.41. The van der Waals surface area contributed by atoms with Crippen molar-refractivity contribution < 1.29 is 23.1 Å². The van der Waals surface area contributed by atoms with E-state index in [-0.39, 0.29) is 36.2 Å². The van der Waals surface area contributed by atoms with Crippen molar-refractivity contribution in [2.24, 2.45) is 0 Å². The highest BCUT2D eigenvalue weighted by molar-refractivity contribution is 7.91. The second-order valence-corrected chi connectivity index (χ2v) is 6.53. The summed E-state index contributed by atoms with van der Waals surface area (Å²) >= 11 is 0. The third-order valence-electron chi connectivity index (χ3n) is 2.72. The highest BCUT2D eigenvalue weighted by atomic mass is 32.2. The van der Waals surface area contributed by atoms with Crippen LogP contribution in [0.1, 0.15) is 12.8 Å². The van der Waals surface area contributed by atoms with E-state index in [0.717, 1.165) is 0 Å². The number of hydrogen-bond donors (Lipinski definition) is 2. The normalized spacial score (nSPS) is 11.3. The summed E-state index contributed by atoms with van der Waals surface area (Å²) in [6.07, 6.45) is 0.561. The van der Waals surface area contributed by atoms with Crippen LogP contribution in [0.4, 0.5) is 0 Å². The van der Waals surface area contributed by atoms with Crippen LogP contribution in [0.25, 0.3) is 0 Å². The number of carbonyl (C=O) groups excluding carboxylic acids is 1. The fourth-order valence-electron chi connectivity index (χ4n) is 1.63. The molecule has 2 N–H and O–H groups in total. The molecule has 0 saturated carbocycles. The van der Waals surface area contributed by atoms with Crippen LogP contribution in [0.2, 0.25) is 0 Å². The van der Waals surface area contributed by atoms with Gasteiger partial charge in [0.05, 0.1) is 23.9 Å². The molecule has 1 aromatic rings. The first-order valence-corrected chi connectivity index (χ1v) is 8.44. The molecule has 0 bridgehead atoms. The number of hydrogen-bond acceptors (Lipinski definition) is 5. The molecule has 21 heavy (non-hydrogen) atoms. The maximum atomic E-state index is 12.0. The van der Waals surface area contributed by atoms with E-state index in [2.05, 4.69) is 5.32 Å². The van der Waals surface area contributed by atoms with E-state index in [0.29, 0.717) is 19.6 Å². The Balaban J connectivity index is 2.24. The van der Waals surface area contributed by atoms with Crippen LogP contribution in [-0.2, 0) is 19.4 Å². The van der Waals surface area contributed by atoms with Crippen LogP contribution in [0.3, 0.4) is 0 Å². The van der Waals surface area contributed by atoms with E-state index >= 15 is 0 Å². The molecular weight excluding hydrogens is 294 g/mol. The fraction of sp³-hybridized carbons (Fsp3) is 0.500. The first-order valence-electron chi connectivity index (χ1n) is 6.79. The van der Waals surface area contributed by atoms with Gasteiger partial charge < -0.3 is 15.2 Å². The van der Waals surface area contributed by atoms with Gasteiger partial charge >= 0.3 is 0 Å². The van der Waals surface area contributed by atoms with Gasteiger partial charge in [0.15, 0.2) is 9.84 Å². The second kappa shape index (κ2) is 9.49. The Morgan fingerprint density at radius 1 is 1.19 bits per heavy atom. The first-order chi connectivity index (χ1) is 10.1. The Morgan fingerprint density at radius 2 is 1.90 bits per heavy atom. The van der Waals surface area contributed by atoms with Crippen molar-refractivity contribution in [3.05, 3.63) is 30.3 Å². The van der Waals surface area contributed by atoms with Crippen LogP contribution in [0, 0.1) is 0 Å². The summed E-state index contributed by atoms with van der Waals surface area (Å²) < 4.78 is 29.0. The molecule has 7 heteroatoms. The van der Waals surface area contributed by atoms with Crippen molar-refractivity contribution in [1.29, 1.82) is 0 Å². The van der Waals surface area contributed by atoms with Crippen LogP contribution >= 0.6 is 0 Å². The van der Waals surface area contributed by atoms with Crippen LogP contribution in [-0.4, -0.2) is 51.5 Å². The summed E-state index contributed by atoms with van der Waals surface area (Å²) in [7, 11) is -3.41.